The Hall–Kier alpha value is -2.61. The maximum Gasteiger partial charge on any atom is 0.145 e. The lowest BCUT2D eigenvalue weighted by molar-refractivity contribution is 0.479. The number of aromatic nitrogens is 2. The Bertz CT molecular complexity index is 530. The van der Waals surface area contributed by atoms with Crippen molar-refractivity contribution in [2.24, 2.45) is 0 Å². The molecule has 0 spiro atoms. The second-order valence-corrected chi connectivity index (χ2v) is 3.01. The average Bonchev–Trinajstić information content (AvgIpc) is 2.32. The number of nitrogen functional groups attached to an aromatic ring is 1. The van der Waals surface area contributed by atoms with Crippen LogP contribution in [0.3, 0.4) is 0 Å². The number of pyridine rings is 2. The van der Waals surface area contributed by atoms with Gasteiger partial charge in [-0.25, -0.2) is 9.97 Å². The molecule has 0 aliphatic rings. The van der Waals surface area contributed by atoms with E-state index in [0.29, 0.717) is 23.0 Å². The van der Waals surface area contributed by atoms with Gasteiger partial charge in [0, 0.05) is 12.3 Å². The molecule has 0 fully saturated rings. The summed E-state index contributed by atoms with van der Waals surface area (Å²) < 4.78 is 5.47. The molecule has 16 heavy (non-hydrogen) atoms. The molecule has 0 bridgehead atoms. The summed E-state index contributed by atoms with van der Waals surface area (Å²) in [4.78, 5) is 7.73. The van der Waals surface area contributed by atoms with Crippen LogP contribution in [0.15, 0.2) is 36.7 Å². The predicted octanol–water partition coefficient (Wildman–Crippen LogP) is 1.72. The topological polar surface area (TPSA) is 84.8 Å². The highest BCUT2D eigenvalue weighted by Crippen LogP contribution is 2.20. The average molecular weight is 212 g/mol. The number of ether oxygens (including phenoxy) is 1. The highest BCUT2D eigenvalue weighted by molar-refractivity contribution is 5.36. The lowest BCUT2D eigenvalue weighted by Crippen LogP contribution is -1.91. The van der Waals surface area contributed by atoms with Gasteiger partial charge in [-0.1, -0.05) is 0 Å². The maximum atomic E-state index is 8.67. The van der Waals surface area contributed by atoms with Crippen LogP contribution >= 0.6 is 0 Å². The van der Waals surface area contributed by atoms with Gasteiger partial charge in [0.25, 0.3) is 0 Å². The molecule has 2 aromatic rings. The van der Waals surface area contributed by atoms with E-state index >= 15 is 0 Å². The standard InChI is InChI=1S/C11H8N4O/c12-6-8-5-9(3-4-14-8)16-10-1-2-11(13)15-7-10/h1-5,7H,(H2,13,15). The van der Waals surface area contributed by atoms with Crippen molar-refractivity contribution in [3.05, 3.63) is 42.4 Å². The van der Waals surface area contributed by atoms with Gasteiger partial charge in [0.2, 0.25) is 0 Å². The molecule has 0 atom stereocenters. The quantitative estimate of drug-likeness (QED) is 0.819. The van der Waals surface area contributed by atoms with Crippen molar-refractivity contribution >= 4 is 5.82 Å². The summed E-state index contributed by atoms with van der Waals surface area (Å²) in [5, 5.41) is 8.67. The minimum Gasteiger partial charge on any atom is -0.456 e. The molecule has 0 aliphatic heterocycles. The number of hydrogen-bond acceptors (Lipinski definition) is 5. The third kappa shape index (κ3) is 2.25. The second kappa shape index (κ2) is 4.28. The van der Waals surface area contributed by atoms with E-state index < -0.39 is 0 Å². The number of rotatable bonds is 2. The van der Waals surface area contributed by atoms with Crippen LogP contribution in [-0.4, -0.2) is 9.97 Å². The van der Waals surface area contributed by atoms with Gasteiger partial charge in [-0.3, -0.25) is 0 Å². The van der Waals surface area contributed by atoms with E-state index in [2.05, 4.69) is 9.97 Å². The SMILES string of the molecule is N#Cc1cc(Oc2ccc(N)nc2)ccn1. The zero-order valence-electron chi connectivity index (χ0n) is 8.29. The van der Waals surface area contributed by atoms with Crippen LogP contribution in [0.5, 0.6) is 11.5 Å². The van der Waals surface area contributed by atoms with Crippen molar-refractivity contribution in [1.82, 2.24) is 9.97 Å². The van der Waals surface area contributed by atoms with Gasteiger partial charge in [0.05, 0.1) is 6.20 Å². The van der Waals surface area contributed by atoms with Crippen LogP contribution in [-0.2, 0) is 0 Å². The van der Waals surface area contributed by atoms with E-state index in [4.69, 9.17) is 15.7 Å². The molecule has 0 unspecified atom stereocenters. The highest BCUT2D eigenvalue weighted by Gasteiger charge is 1.99. The molecule has 0 aromatic carbocycles. The van der Waals surface area contributed by atoms with Gasteiger partial charge in [0.15, 0.2) is 0 Å². The van der Waals surface area contributed by atoms with Crippen LogP contribution in [0.1, 0.15) is 5.69 Å². The number of nitrogens with zero attached hydrogens (tertiary/aromatic N) is 3. The minimum absolute atomic E-state index is 0.306. The number of nitriles is 1. The van der Waals surface area contributed by atoms with Gasteiger partial charge in [0.1, 0.15) is 29.1 Å². The summed E-state index contributed by atoms with van der Waals surface area (Å²) in [5.74, 6) is 1.53. The van der Waals surface area contributed by atoms with Crippen LogP contribution in [0.2, 0.25) is 0 Å². The molecule has 0 saturated carbocycles. The van der Waals surface area contributed by atoms with E-state index in [1.807, 2.05) is 6.07 Å². The highest BCUT2D eigenvalue weighted by atomic mass is 16.5. The molecular formula is C11H8N4O. The van der Waals surface area contributed by atoms with Gasteiger partial charge >= 0.3 is 0 Å². The monoisotopic (exact) mass is 212 g/mol. The molecule has 2 N–H and O–H groups in total. The van der Waals surface area contributed by atoms with E-state index in [1.54, 1.807) is 24.3 Å². The molecule has 0 radical (unpaired) electrons. The zero-order chi connectivity index (χ0) is 11.4. The van der Waals surface area contributed by atoms with Crippen LogP contribution in [0.25, 0.3) is 0 Å². The molecule has 5 nitrogen and oxygen atoms in total. The largest absolute Gasteiger partial charge is 0.456 e. The van der Waals surface area contributed by atoms with Crippen molar-refractivity contribution in [2.75, 3.05) is 5.73 Å². The third-order valence-corrected chi connectivity index (χ3v) is 1.84. The smallest absolute Gasteiger partial charge is 0.145 e. The molecule has 0 amide bonds. The van der Waals surface area contributed by atoms with Gasteiger partial charge in [-0.15, -0.1) is 0 Å². The Morgan fingerprint density at radius 2 is 2.06 bits per heavy atom. The van der Waals surface area contributed by atoms with Crippen LogP contribution in [0.4, 0.5) is 5.82 Å². The first-order valence-electron chi connectivity index (χ1n) is 4.53. The fourth-order valence-corrected chi connectivity index (χ4v) is 1.12. The van der Waals surface area contributed by atoms with Crippen molar-refractivity contribution in [2.45, 2.75) is 0 Å². The molecule has 5 heteroatoms. The summed E-state index contributed by atoms with van der Waals surface area (Å²) >= 11 is 0. The Morgan fingerprint density at radius 3 is 2.75 bits per heavy atom. The number of anilines is 1. The molecule has 2 aromatic heterocycles. The normalized spacial score (nSPS) is 9.44. The zero-order valence-corrected chi connectivity index (χ0v) is 8.29. The summed E-state index contributed by atoms with van der Waals surface area (Å²) in [7, 11) is 0. The second-order valence-electron chi connectivity index (χ2n) is 3.01. The first-order chi connectivity index (χ1) is 7.78. The minimum atomic E-state index is 0.306. The van der Waals surface area contributed by atoms with Crippen LogP contribution in [0, 0.1) is 11.3 Å². The van der Waals surface area contributed by atoms with E-state index in [9.17, 15) is 0 Å². The van der Waals surface area contributed by atoms with E-state index in [1.165, 1.54) is 12.4 Å². The fourth-order valence-electron chi connectivity index (χ4n) is 1.12. The summed E-state index contributed by atoms with van der Waals surface area (Å²) in [5.41, 5.74) is 5.75. The molecular weight excluding hydrogens is 204 g/mol. The van der Waals surface area contributed by atoms with Gasteiger partial charge in [-0.05, 0) is 18.2 Å². The Balaban J connectivity index is 2.21. The summed E-state index contributed by atoms with van der Waals surface area (Å²) in [6.45, 7) is 0. The van der Waals surface area contributed by atoms with Crippen molar-refractivity contribution < 1.29 is 4.74 Å². The fraction of sp³-hybridized carbons (Fsp3) is 0. The lowest BCUT2D eigenvalue weighted by atomic mass is 10.3. The lowest BCUT2D eigenvalue weighted by Gasteiger charge is -2.04. The summed E-state index contributed by atoms with van der Waals surface area (Å²) in [6.07, 6.45) is 3.03. The van der Waals surface area contributed by atoms with Gasteiger partial charge in [-0.2, -0.15) is 5.26 Å². The van der Waals surface area contributed by atoms with Crippen LogP contribution < -0.4 is 10.5 Å². The van der Waals surface area contributed by atoms with E-state index in [0.717, 1.165) is 0 Å². The van der Waals surface area contributed by atoms with Crippen molar-refractivity contribution in [1.29, 1.82) is 5.26 Å². The maximum absolute atomic E-state index is 8.67. The number of hydrogen-bond donors (Lipinski definition) is 1. The molecule has 2 rings (SSSR count). The molecule has 0 saturated heterocycles. The molecule has 78 valence electrons. The Morgan fingerprint density at radius 1 is 1.19 bits per heavy atom. The van der Waals surface area contributed by atoms with Gasteiger partial charge < -0.3 is 10.5 Å². The van der Waals surface area contributed by atoms with Crippen molar-refractivity contribution in [3.8, 4) is 17.6 Å². The Labute approximate surface area is 92.1 Å². The first-order valence-corrected chi connectivity index (χ1v) is 4.53. The third-order valence-electron chi connectivity index (χ3n) is 1.84. The predicted molar refractivity (Wildman–Crippen MR) is 57.7 cm³/mol. The van der Waals surface area contributed by atoms with Crippen molar-refractivity contribution in [3.63, 3.8) is 0 Å². The molecule has 0 aliphatic carbocycles. The Kier molecular flexibility index (Phi) is 2.65. The number of nitrogens with two attached hydrogens (primary N) is 1. The summed E-state index contributed by atoms with van der Waals surface area (Å²) in [6, 6.07) is 8.50. The first kappa shape index (κ1) is 9.93. The molecule has 2 heterocycles. The van der Waals surface area contributed by atoms with E-state index in [-0.39, 0.29) is 0 Å².